The van der Waals surface area contributed by atoms with Gasteiger partial charge in [-0.1, -0.05) is 0 Å². The Hall–Kier alpha value is -1.88. The standard InChI is InChI=1S/C13H16N2O3/c1-15(18-2)13(17)10-5-7-11(8-6-10)14-12(16)9-3-4-9/h5-9H,3-4H2,1-2H3,(H,14,16). The van der Waals surface area contributed by atoms with E-state index in [9.17, 15) is 9.59 Å². The summed E-state index contributed by atoms with van der Waals surface area (Å²) in [5.41, 5.74) is 1.23. The molecule has 1 aromatic rings. The van der Waals surface area contributed by atoms with Crippen LogP contribution in [0.5, 0.6) is 0 Å². The minimum absolute atomic E-state index is 0.0584. The van der Waals surface area contributed by atoms with Gasteiger partial charge in [0, 0.05) is 24.2 Å². The molecule has 0 spiro atoms. The molecule has 0 heterocycles. The minimum Gasteiger partial charge on any atom is -0.326 e. The molecule has 1 aromatic carbocycles. The van der Waals surface area contributed by atoms with Crippen molar-refractivity contribution in [3.05, 3.63) is 29.8 Å². The van der Waals surface area contributed by atoms with Crippen molar-refractivity contribution in [2.24, 2.45) is 5.92 Å². The Bertz CT molecular complexity index is 452. The van der Waals surface area contributed by atoms with Gasteiger partial charge in [-0.2, -0.15) is 0 Å². The molecule has 0 atom stereocenters. The van der Waals surface area contributed by atoms with Crippen LogP contribution in [0.3, 0.4) is 0 Å². The molecule has 5 nitrogen and oxygen atoms in total. The monoisotopic (exact) mass is 248 g/mol. The van der Waals surface area contributed by atoms with Crippen LogP contribution >= 0.6 is 0 Å². The van der Waals surface area contributed by atoms with E-state index in [4.69, 9.17) is 4.84 Å². The van der Waals surface area contributed by atoms with E-state index in [0.717, 1.165) is 17.9 Å². The number of benzene rings is 1. The van der Waals surface area contributed by atoms with Crippen LogP contribution in [0.25, 0.3) is 0 Å². The summed E-state index contributed by atoms with van der Waals surface area (Å²) in [6.45, 7) is 0. The summed E-state index contributed by atoms with van der Waals surface area (Å²) < 4.78 is 0. The molecular weight excluding hydrogens is 232 g/mol. The molecule has 1 saturated carbocycles. The second-order valence-electron chi connectivity index (χ2n) is 4.33. The second kappa shape index (κ2) is 5.18. The van der Waals surface area contributed by atoms with Crippen LogP contribution in [-0.4, -0.2) is 31.0 Å². The lowest BCUT2D eigenvalue weighted by molar-refractivity contribution is -0.117. The van der Waals surface area contributed by atoms with Crippen LogP contribution in [0.15, 0.2) is 24.3 Å². The molecule has 5 heteroatoms. The minimum atomic E-state index is -0.224. The highest BCUT2D eigenvalue weighted by Crippen LogP contribution is 2.30. The third-order valence-corrected chi connectivity index (χ3v) is 2.91. The lowest BCUT2D eigenvalue weighted by Crippen LogP contribution is -2.25. The van der Waals surface area contributed by atoms with Gasteiger partial charge in [0.1, 0.15) is 0 Å². The molecule has 0 aliphatic heterocycles. The Morgan fingerprint density at radius 2 is 1.89 bits per heavy atom. The van der Waals surface area contributed by atoms with Crippen molar-refractivity contribution in [1.29, 1.82) is 0 Å². The molecule has 0 aromatic heterocycles. The number of carbonyl (C=O) groups is 2. The summed E-state index contributed by atoms with van der Waals surface area (Å²) in [7, 11) is 2.98. The van der Waals surface area contributed by atoms with Gasteiger partial charge < -0.3 is 5.32 Å². The molecule has 1 aliphatic carbocycles. The van der Waals surface area contributed by atoms with Gasteiger partial charge in [0.05, 0.1) is 7.11 Å². The Morgan fingerprint density at radius 3 is 2.39 bits per heavy atom. The van der Waals surface area contributed by atoms with Crippen LogP contribution < -0.4 is 5.32 Å². The number of hydrogen-bond acceptors (Lipinski definition) is 3. The largest absolute Gasteiger partial charge is 0.326 e. The van der Waals surface area contributed by atoms with Gasteiger partial charge in [-0.25, -0.2) is 5.06 Å². The SMILES string of the molecule is CON(C)C(=O)c1ccc(NC(=O)C2CC2)cc1. The summed E-state index contributed by atoms with van der Waals surface area (Å²) in [5.74, 6) is 0.00610. The molecule has 1 fully saturated rings. The highest BCUT2D eigenvalue weighted by atomic mass is 16.7. The van der Waals surface area contributed by atoms with Gasteiger partial charge in [-0.15, -0.1) is 0 Å². The molecule has 2 rings (SSSR count). The van der Waals surface area contributed by atoms with Crippen molar-refractivity contribution in [1.82, 2.24) is 5.06 Å². The number of hydroxylamine groups is 2. The predicted octanol–water partition coefficient (Wildman–Crippen LogP) is 1.67. The Kier molecular flexibility index (Phi) is 3.62. The first-order valence-corrected chi connectivity index (χ1v) is 5.85. The lowest BCUT2D eigenvalue weighted by Gasteiger charge is -2.13. The van der Waals surface area contributed by atoms with Crippen molar-refractivity contribution in [3.8, 4) is 0 Å². The summed E-state index contributed by atoms with van der Waals surface area (Å²) in [4.78, 5) is 28.1. The Morgan fingerprint density at radius 1 is 1.28 bits per heavy atom. The molecule has 0 radical (unpaired) electrons. The Balaban J connectivity index is 2.00. The molecule has 96 valence electrons. The van der Waals surface area contributed by atoms with Gasteiger partial charge in [0.15, 0.2) is 0 Å². The van der Waals surface area contributed by atoms with Crippen LogP contribution in [0.2, 0.25) is 0 Å². The maximum atomic E-state index is 11.7. The van der Waals surface area contributed by atoms with Crippen molar-refractivity contribution in [3.63, 3.8) is 0 Å². The van der Waals surface area contributed by atoms with E-state index in [1.807, 2.05) is 0 Å². The average Bonchev–Trinajstić information content (AvgIpc) is 3.22. The van der Waals surface area contributed by atoms with E-state index in [1.54, 1.807) is 31.3 Å². The van der Waals surface area contributed by atoms with E-state index >= 15 is 0 Å². The molecule has 0 saturated heterocycles. The smallest absolute Gasteiger partial charge is 0.277 e. The van der Waals surface area contributed by atoms with Crippen LogP contribution in [0, 0.1) is 5.92 Å². The fraction of sp³-hybridized carbons (Fsp3) is 0.385. The summed E-state index contributed by atoms with van der Waals surface area (Å²) in [5, 5.41) is 3.97. The number of nitrogens with one attached hydrogen (secondary N) is 1. The zero-order valence-corrected chi connectivity index (χ0v) is 10.5. The fourth-order valence-electron chi connectivity index (χ4n) is 1.55. The number of carbonyl (C=O) groups excluding carboxylic acids is 2. The first-order chi connectivity index (χ1) is 8.61. The number of amides is 2. The van der Waals surface area contributed by atoms with Crippen molar-refractivity contribution in [2.75, 3.05) is 19.5 Å². The second-order valence-corrected chi connectivity index (χ2v) is 4.33. The topological polar surface area (TPSA) is 58.6 Å². The van der Waals surface area contributed by atoms with Gasteiger partial charge >= 0.3 is 0 Å². The van der Waals surface area contributed by atoms with Crippen LogP contribution in [-0.2, 0) is 9.63 Å². The van der Waals surface area contributed by atoms with Crippen molar-refractivity contribution in [2.45, 2.75) is 12.8 Å². The quantitative estimate of drug-likeness (QED) is 0.824. The van der Waals surface area contributed by atoms with E-state index in [1.165, 1.54) is 7.11 Å². The fourth-order valence-corrected chi connectivity index (χ4v) is 1.55. The lowest BCUT2D eigenvalue weighted by atomic mass is 10.2. The van der Waals surface area contributed by atoms with E-state index < -0.39 is 0 Å². The first-order valence-electron chi connectivity index (χ1n) is 5.85. The van der Waals surface area contributed by atoms with Crippen LogP contribution in [0.4, 0.5) is 5.69 Å². The van der Waals surface area contributed by atoms with Crippen LogP contribution in [0.1, 0.15) is 23.2 Å². The summed E-state index contributed by atoms with van der Waals surface area (Å²) >= 11 is 0. The van der Waals surface area contributed by atoms with E-state index in [0.29, 0.717) is 11.3 Å². The third kappa shape index (κ3) is 2.87. The van der Waals surface area contributed by atoms with E-state index in [2.05, 4.69) is 5.32 Å². The number of anilines is 1. The molecule has 0 unspecified atom stereocenters. The van der Waals surface area contributed by atoms with Gasteiger partial charge in [-0.05, 0) is 37.1 Å². The maximum Gasteiger partial charge on any atom is 0.277 e. The van der Waals surface area contributed by atoms with Crippen molar-refractivity contribution >= 4 is 17.5 Å². The molecular formula is C13H16N2O3. The number of hydrogen-bond donors (Lipinski definition) is 1. The highest BCUT2D eigenvalue weighted by molar-refractivity contribution is 5.96. The van der Waals surface area contributed by atoms with E-state index in [-0.39, 0.29) is 17.7 Å². The molecule has 0 bridgehead atoms. The zero-order chi connectivity index (χ0) is 13.1. The summed E-state index contributed by atoms with van der Waals surface area (Å²) in [6, 6.07) is 6.77. The third-order valence-electron chi connectivity index (χ3n) is 2.91. The van der Waals surface area contributed by atoms with Gasteiger partial charge in [0.2, 0.25) is 5.91 Å². The summed E-state index contributed by atoms with van der Waals surface area (Å²) in [6.07, 6.45) is 1.95. The van der Waals surface area contributed by atoms with Gasteiger partial charge in [0.25, 0.3) is 5.91 Å². The van der Waals surface area contributed by atoms with Crippen molar-refractivity contribution < 1.29 is 14.4 Å². The predicted molar refractivity (Wildman–Crippen MR) is 66.9 cm³/mol. The van der Waals surface area contributed by atoms with Gasteiger partial charge in [-0.3, -0.25) is 14.4 Å². The Labute approximate surface area is 106 Å². The maximum absolute atomic E-state index is 11.7. The number of rotatable bonds is 4. The molecule has 2 amide bonds. The molecule has 18 heavy (non-hydrogen) atoms. The first kappa shape index (κ1) is 12.6. The molecule has 1 aliphatic rings. The zero-order valence-electron chi connectivity index (χ0n) is 10.5. The normalized spacial score (nSPS) is 14.1. The molecule has 1 N–H and O–H groups in total. The number of nitrogens with zero attached hydrogens (tertiary/aromatic N) is 1. The average molecular weight is 248 g/mol. The highest BCUT2D eigenvalue weighted by Gasteiger charge is 2.29.